The third kappa shape index (κ3) is 2.73. The number of aromatic nitrogens is 1. The predicted molar refractivity (Wildman–Crippen MR) is 72.2 cm³/mol. The highest BCUT2D eigenvalue weighted by Gasteiger charge is 2.18. The lowest BCUT2D eigenvalue weighted by atomic mass is 10.1. The van der Waals surface area contributed by atoms with Gasteiger partial charge in [-0.2, -0.15) is 0 Å². The van der Waals surface area contributed by atoms with Gasteiger partial charge in [0, 0.05) is 18.2 Å². The van der Waals surface area contributed by atoms with E-state index >= 15 is 0 Å². The number of benzene rings is 1. The highest BCUT2D eigenvalue weighted by Crippen LogP contribution is 2.24. The van der Waals surface area contributed by atoms with Gasteiger partial charge in [-0.3, -0.25) is 14.9 Å². The van der Waals surface area contributed by atoms with E-state index in [0.717, 1.165) is 7.11 Å². The smallest absolute Gasteiger partial charge is 0.347 e. The van der Waals surface area contributed by atoms with Crippen LogP contribution < -0.4 is 5.56 Å². The number of pyridine rings is 1. The van der Waals surface area contributed by atoms with Gasteiger partial charge in [0.25, 0.3) is 11.2 Å². The Morgan fingerprint density at radius 3 is 2.43 bits per heavy atom. The van der Waals surface area contributed by atoms with E-state index in [1.54, 1.807) is 0 Å². The number of nitro benzene ring substituents is 1. The zero-order valence-electron chi connectivity index (χ0n) is 10.8. The molecule has 8 nitrogen and oxygen atoms in total. The average Bonchev–Trinajstić information content (AvgIpc) is 2.46. The van der Waals surface area contributed by atoms with Crippen LogP contribution in [-0.2, 0) is 4.74 Å². The van der Waals surface area contributed by atoms with E-state index in [4.69, 9.17) is 0 Å². The predicted octanol–water partition coefficient (Wildman–Crippen LogP) is 1.44. The number of hydrogen-bond donors (Lipinski definition) is 2. The fourth-order valence-corrected chi connectivity index (χ4v) is 1.76. The van der Waals surface area contributed by atoms with Crippen molar-refractivity contribution >= 4 is 11.7 Å². The van der Waals surface area contributed by atoms with E-state index in [9.17, 15) is 24.8 Å². The van der Waals surface area contributed by atoms with Gasteiger partial charge >= 0.3 is 5.97 Å². The van der Waals surface area contributed by atoms with Gasteiger partial charge in [-0.05, 0) is 17.7 Å². The van der Waals surface area contributed by atoms with Gasteiger partial charge in [0.15, 0.2) is 5.56 Å². The summed E-state index contributed by atoms with van der Waals surface area (Å²) >= 11 is 0. The molecule has 0 bridgehead atoms. The summed E-state index contributed by atoms with van der Waals surface area (Å²) in [6, 6.07) is 6.54. The molecule has 0 unspecified atom stereocenters. The Hall–Kier alpha value is -3.16. The number of methoxy groups -OCH3 is 1. The Bertz CT molecular complexity index is 763. The van der Waals surface area contributed by atoms with Crippen molar-refractivity contribution in [3.05, 3.63) is 56.4 Å². The molecule has 0 radical (unpaired) electrons. The number of carbonyl (C=O) groups excluding carboxylic acids is 1. The van der Waals surface area contributed by atoms with Crippen molar-refractivity contribution in [3.63, 3.8) is 0 Å². The summed E-state index contributed by atoms with van der Waals surface area (Å²) in [6.45, 7) is 0. The summed E-state index contributed by atoms with van der Waals surface area (Å²) in [5.41, 5.74) is -0.737. The number of nitrogens with one attached hydrogen (secondary N) is 1. The number of nitro groups is 1. The van der Waals surface area contributed by atoms with Crippen LogP contribution in [0.25, 0.3) is 11.3 Å². The second-order valence-corrected chi connectivity index (χ2v) is 4.07. The van der Waals surface area contributed by atoms with Crippen LogP contribution in [0.4, 0.5) is 5.69 Å². The summed E-state index contributed by atoms with van der Waals surface area (Å²) in [7, 11) is 1.09. The first-order chi connectivity index (χ1) is 9.93. The number of H-pyrrole nitrogens is 1. The normalized spacial score (nSPS) is 10.1. The van der Waals surface area contributed by atoms with Crippen LogP contribution in [0.5, 0.6) is 5.75 Å². The standard InChI is InChI=1S/C13H10N2O6/c1-21-13(18)11-10(16)6-9(14-12(11)17)7-2-4-8(5-3-7)15(19)20/h2-6H,1H3,(H2,14,16,17). The number of non-ortho nitro benzene ring substituents is 1. The van der Waals surface area contributed by atoms with Crippen molar-refractivity contribution in [2.24, 2.45) is 0 Å². The number of nitrogens with zero attached hydrogens (tertiary/aromatic N) is 1. The van der Waals surface area contributed by atoms with Gasteiger partial charge in [0.05, 0.1) is 17.7 Å². The Morgan fingerprint density at radius 2 is 1.95 bits per heavy atom. The van der Waals surface area contributed by atoms with Gasteiger partial charge < -0.3 is 14.8 Å². The van der Waals surface area contributed by atoms with Crippen molar-refractivity contribution in [2.45, 2.75) is 0 Å². The number of hydrogen-bond acceptors (Lipinski definition) is 6. The van der Waals surface area contributed by atoms with Crippen LogP contribution in [0.2, 0.25) is 0 Å². The number of esters is 1. The van der Waals surface area contributed by atoms with Crippen molar-refractivity contribution in [3.8, 4) is 17.0 Å². The van der Waals surface area contributed by atoms with Gasteiger partial charge in [-0.25, -0.2) is 4.79 Å². The molecule has 0 aliphatic carbocycles. The molecule has 2 rings (SSSR count). The monoisotopic (exact) mass is 290 g/mol. The second kappa shape index (κ2) is 5.45. The summed E-state index contributed by atoms with van der Waals surface area (Å²) in [6.07, 6.45) is 0. The lowest BCUT2D eigenvalue weighted by molar-refractivity contribution is -0.384. The lowest BCUT2D eigenvalue weighted by Crippen LogP contribution is -2.19. The maximum Gasteiger partial charge on any atom is 0.347 e. The first-order valence-corrected chi connectivity index (χ1v) is 5.73. The number of rotatable bonds is 3. The minimum absolute atomic E-state index is 0.100. The number of ether oxygens (including phenoxy) is 1. The van der Waals surface area contributed by atoms with Gasteiger partial charge in [-0.15, -0.1) is 0 Å². The van der Waals surface area contributed by atoms with Crippen LogP contribution in [-0.4, -0.2) is 28.1 Å². The van der Waals surface area contributed by atoms with Crippen molar-refractivity contribution in [2.75, 3.05) is 7.11 Å². The Morgan fingerprint density at radius 1 is 1.33 bits per heavy atom. The molecule has 0 amide bonds. The molecule has 2 N–H and O–H groups in total. The second-order valence-electron chi connectivity index (χ2n) is 4.07. The zero-order valence-corrected chi connectivity index (χ0v) is 10.8. The Kier molecular flexibility index (Phi) is 3.70. The molecule has 1 aromatic carbocycles. The number of carbonyl (C=O) groups is 1. The topological polar surface area (TPSA) is 123 Å². The van der Waals surface area contributed by atoms with E-state index in [2.05, 4.69) is 9.72 Å². The molecule has 21 heavy (non-hydrogen) atoms. The van der Waals surface area contributed by atoms with E-state index in [1.165, 1.54) is 30.3 Å². The molecule has 0 fully saturated rings. The van der Waals surface area contributed by atoms with Crippen LogP contribution in [0.15, 0.2) is 35.1 Å². The van der Waals surface area contributed by atoms with Crippen LogP contribution in [0.1, 0.15) is 10.4 Å². The minimum atomic E-state index is -0.955. The molecular weight excluding hydrogens is 280 g/mol. The minimum Gasteiger partial charge on any atom is -0.507 e. The fraction of sp³-hybridized carbons (Fsp3) is 0.0769. The largest absolute Gasteiger partial charge is 0.507 e. The molecule has 2 aromatic rings. The lowest BCUT2D eigenvalue weighted by Gasteiger charge is -2.05. The van der Waals surface area contributed by atoms with Crippen molar-refractivity contribution in [1.29, 1.82) is 0 Å². The molecule has 0 saturated heterocycles. The van der Waals surface area contributed by atoms with E-state index in [0.29, 0.717) is 5.56 Å². The highest BCUT2D eigenvalue weighted by molar-refractivity contribution is 5.92. The molecule has 0 spiro atoms. The van der Waals surface area contributed by atoms with Crippen LogP contribution in [0.3, 0.4) is 0 Å². The summed E-state index contributed by atoms with van der Waals surface area (Å²) < 4.78 is 4.39. The molecular formula is C13H10N2O6. The van der Waals surface area contributed by atoms with Gasteiger partial charge in [0.1, 0.15) is 5.75 Å². The highest BCUT2D eigenvalue weighted by atomic mass is 16.6. The summed E-state index contributed by atoms with van der Waals surface area (Å²) in [5, 5.41) is 20.3. The maximum absolute atomic E-state index is 11.8. The average molecular weight is 290 g/mol. The molecule has 0 aliphatic heterocycles. The maximum atomic E-state index is 11.8. The van der Waals surface area contributed by atoms with E-state index in [-0.39, 0.29) is 11.4 Å². The molecule has 1 aromatic heterocycles. The van der Waals surface area contributed by atoms with Crippen molar-refractivity contribution in [1.82, 2.24) is 4.98 Å². The first kappa shape index (κ1) is 14.3. The molecule has 0 aliphatic rings. The molecule has 8 heteroatoms. The molecule has 108 valence electrons. The number of aromatic amines is 1. The quantitative estimate of drug-likeness (QED) is 0.501. The summed E-state index contributed by atoms with van der Waals surface area (Å²) in [4.78, 5) is 35.6. The Balaban J connectivity index is 2.49. The molecule has 1 heterocycles. The third-order valence-corrected chi connectivity index (χ3v) is 2.79. The fourth-order valence-electron chi connectivity index (χ4n) is 1.76. The van der Waals surface area contributed by atoms with Crippen LogP contribution in [0, 0.1) is 10.1 Å². The third-order valence-electron chi connectivity index (χ3n) is 2.79. The van der Waals surface area contributed by atoms with E-state index in [1.807, 2.05) is 0 Å². The van der Waals surface area contributed by atoms with Crippen molar-refractivity contribution < 1.29 is 19.6 Å². The zero-order chi connectivity index (χ0) is 15.6. The molecule has 0 atom stereocenters. The first-order valence-electron chi connectivity index (χ1n) is 5.73. The number of aromatic hydroxyl groups is 1. The van der Waals surface area contributed by atoms with Gasteiger partial charge in [0.2, 0.25) is 0 Å². The SMILES string of the molecule is COC(=O)c1c(O)cc(-c2ccc([N+](=O)[O-])cc2)[nH]c1=O. The van der Waals surface area contributed by atoms with E-state index < -0.39 is 27.8 Å². The molecule has 0 saturated carbocycles. The summed E-state index contributed by atoms with van der Waals surface area (Å²) in [5.74, 6) is -1.48. The van der Waals surface area contributed by atoms with Crippen LogP contribution >= 0.6 is 0 Å². The Labute approximate surface area is 117 Å². The van der Waals surface area contributed by atoms with Gasteiger partial charge in [-0.1, -0.05) is 0 Å².